The lowest BCUT2D eigenvalue weighted by Crippen LogP contribution is -2.18. The van der Waals surface area contributed by atoms with Gasteiger partial charge in [-0.05, 0) is 66.1 Å². The Hall–Kier alpha value is -3.07. The number of nitrogens with one attached hydrogen (secondary N) is 1. The van der Waals surface area contributed by atoms with Crippen LogP contribution < -0.4 is 14.2 Å². The number of fused-ring (bicyclic) bond motifs is 1. The second-order valence-corrected chi connectivity index (χ2v) is 9.62. The number of nitrogens with zero attached hydrogens (tertiary/aromatic N) is 1. The Balaban J connectivity index is 1.38. The monoisotopic (exact) mass is 460 g/mol. The number of benzene rings is 2. The number of unbranched alkanes of at least 4 members (excludes halogenated alkanes) is 1. The third-order valence-electron chi connectivity index (χ3n) is 4.85. The maximum absolute atomic E-state index is 11.9. The second kappa shape index (κ2) is 10.0. The lowest BCUT2D eigenvalue weighted by atomic mass is 9.87. The smallest absolute Gasteiger partial charge is 0.494 e. The molecule has 1 aliphatic rings. The predicted octanol–water partition coefficient (Wildman–Crippen LogP) is 4.35. The van der Waals surface area contributed by atoms with Gasteiger partial charge in [0, 0.05) is 18.3 Å². The standard InChI is InChI=1S/C23H28N2O6S/c1-23(2,3)18-7-9-19(10-8-18)30-32(27,28)31-24-14-4-5-15-29-20-11-12-21-17(16-20)6-13-22(26)25-21/h7-12,14,16H,4-6,13,15H2,1-3H3,(H,25,26). The molecule has 1 amide bonds. The Morgan fingerprint density at radius 3 is 2.50 bits per heavy atom. The van der Waals surface area contributed by atoms with Crippen LogP contribution in [0.3, 0.4) is 0 Å². The Morgan fingerprint density at radius 1 is 1.06 bits per heavy atom. The highest BCUT2D eigenvalue weighted by Gasteiger charge is 2.17. The van der Waals surface area contributed by atoms with Crippen LogP contribution in [0.25, 0.3) is 0 Å². The van der Waals surface area contributed by atoms with Crippen molar-refractivity contribution in [3.05, 3.63) is 53.6 Å². The van der Waals surface area contributed by atoms with Gasteiger partial charge in [-0.2, -0.15) is 0 Å². The number of anilines is 1. The number of amides is 1. The average Bonchev–Trinajstić information content (AvgIpc) is 2.72. The lowest BCUT2D eigenvalue weighted by Gasteiger charge is -2.18. The van der Waals surface area contributed by atoms with Gasteiger partial charge in [0.15, 0.2) is 0 Å². The number of aryl methyl sites for hydroxylation is 1. The zero-order chi connectivity index (χ0) is 23.2. The molecule has 172 valence electrons. The van der Waals surface area contributed by atoms with Crippen molar-refractivity contribution in [3.63, 3.8) is 0 Å². The number of oxime groups is 1. The number of rotatable bonds is 9. The van der Waals surface area contributed by atoms with E-state index in [-0.39, 0.29) is 17.1 Å². The minimum Gasteiger partial charge on any atom is -0.494 e. The molecule has 0 atom stereocenters. The molecule has 0 fully saturated rings. The van der Waals surface area contributed by atoms with E-state index in [1.165, 1.54) is 6.21 Å². The first-order valence-corrected chi connectivity index (χ1v) is 11.8. The number of carbonyl (C=O) groups is 1. The largest absolute Gasteiger partial charge is 0.521 e. The first kappa shape index (κ1) is 23.6. The van der Waals surface area contributed by atoms with Crippen molar-refractivity contribution in [1.82, 2.24) is 0 Å². The Labute approximate surface area is 188 Å². The zero-order valence-corrected chi connectivity index (χ0v) is 19.3. The minimum atomic E-state index is -4.29. The average molecular weight is 461 g/mol. The molecule has 1 aliphatic heterocycles. The molecule has 1 N–H and O–H groups in total. The Morgan fingerprint density at radius 2 is 1.78 bits per heavy atom. The topological polar surface area (TPSA) is 103 Å². The molecule has 0 radical (unpaired) electrons. The summed E-state index contributed by atoms with van der Waals surface area (Å²) in [6.07, 6.45) is 3.61. The molecule has 0 unspecified atom stereocenters. The van der Waals surface area contributed by atoms with E-state index in [1.54, 1.807) is 18.2 Å². The van der Waals surface area contributed by atoms with E-state index in [2.05, 4.69) is 35.5 Å². The number of hydrogen-bond acceptors (Lipinski definition) is 7. The molecule has 0 aromatic heterocycles. The van der Waals surface area contributed by atoms with Crippen LogP contribution in [0.1, 0.15) is 51.2 Å². The van der Waals surface area contributed by atoms with E-state index in [4.69, 9.17) is 8.92 Å². The maximum Gasteiger partial charge on any atom is 0.521 e. The van der Waals surface area contributed by atoms with Gasteiger partial charge in [0.1, 0.15) is 11.5 Å². The fraction of sp³-hybridized carbons (Fsp3) is 0.391. The summed E-state index contributed by atoms with van der Waals surface area (Å²) in [4.78, 5) is 11.4. The molecule has 9 heteroatoms. The molecule has 32 heavy (non-hydrogen) atoms. The summed E-state index contributed by atoms with van der Waals surface area (Å²) in [5, 5.41) is 6.30. The van der Waals surface area contributed by atoms with Crippen molar-refractivity contribution in [2.45, 2.75) is 51.9 Å². The fourth-order valence-corrected chi connectivity index (χ4v) is 3.64. The van der Waals surface area contributed by atoms with Gasteiger partial charge in [0.25, 0.3) is 0 Å². The van der Waals surface area contributed by atoms with E-state index in [0.29, 0.717) is 32.3 Å². The minimum absolute atomic E-state index is 0.0264. The summed E-state index contributed by atoms with van der Waals surface area (Å²) >= 11 is 0. The third kappa shape index (κ3) is 6.98. The van der Waals surface area contributed by atoms with Crippen molar-refractivity contribution in [1.29, 1.82) is 0 Å². The van der Waals surface area contributed by atoms with Crippen LogP contribution in [0.15, 0.2) is 47.6 Å². The lowest BCUT2D eigenvalue weighted by molar-refractivity contribution is -0.116. The molecule has 1 heterocycles. The van der Waals surface area contributed by atoms with Crippen LogP contribution in [0.4, 0.5) is 5.69 Å². The van der Waals surface area contributed by atoms with Gasteiger partial charge in [-0.15, -0.1) is 8.42 Å². The first-order valence-electron chi connectivity index (χ1n) is 10.4. The quantitative estimate of drug-likeness (QED) is 0.339. The van der Waals surface area contributed by atoms with Gasteiger partial charge in [0.05, 0.1) is 6.61 Å². The van der Waals surface area contributed by atoms with E-state index >= 15 is 0 Å². The van der Waals surface area contributed by atoms with Gasteiger partial charge in [0.2, 0.25) is 5.91 Å². The maximum atomic E-state index is 11.9. The summed E-state index contributed by atoms with van der Waals surface area (Å²) in [5.41, 5.74) is 2.90. The predicted molar refractivity (Wildman–Crippen MR) is 122 cm³/mol. The van der Waals surface area contributed by atoms with E-state index in [0.717, 1.165) is 22.6 Å². The summed E-state index contributed by atoms with van der Waals surface area (Å²) in [6.45, 7) is 6.63. The molecule has 3 rings (SSSR count). The second-order valence-electron chi connectivity index (χ2n) is 8.49. The van der Waals surface area contributed by atoms with Crippen LogP contribution in [0.2, 0.25) is 0 Å². The zero-order valence-electron chi connectivity index (χ0n) is 18.5. The summed E-state index contributed by atoms with van der Waals surface area (Å²) in [5.74, 6) is 0.909. The van der Waals surface area contributed by atoms with E-state index in [1.807, 2.05) is 24.3 Å². The highest BCUT2D eigenvalue weighted by atomic mass is 32.3. The molecule has 0 aliphatic carbocycles. The molecule has 0 bridgehead atoms. The third-order valence-corrected chi connectivity index (χ3v) is 5.51. The van der Waals surface area contributed by atoms with Crippen LogP contribution in [-0.4, -0.2) is 27.1 Å². The van der Waals surface area contributed by atoms with Crippen molar-refractivity contribution >= 4 is 28.2 Å². The molecular weight excluding hydrogens is 432 g/mol. The fourth-order valence-electron chi connectivity index (χ4n) is 3.09. The van der Waals surface area contributed by atoms with E-state index < -0.39 is 10.4 Å². The number of carbonyl (C=O) groups excluding carboxylic acids is 1. The molecule has 2 aromatic carbocycles. The van der Waals surface area contributed by atoms with E-state index in [9.17, 15) is 13.2 Å². The van der Waals surface area contributed by atoms with Crippen molar-refractivity contribution in [2.24, 2.45) is 5.16 Å². The van der Waals surface area contributed by atoms with Gasteiger partial charge in [-0.1, -0.05) is 38.1 Å². The number of ether oxygens (including phenoxy) is 1. The molecule has 0 saturated heterocycles. The highest BCUT2D eigenvalue weighted by molar-refractivity contribution is 7.82. The first-order chi connectivity index (χ1) is 15.1. The van der Waals surface area contributed by atoms with Gasteiger partial charge < -0.3 is 14.2 Å². The summed E-state index contributed by atoms with van der Waals surface area (Å²) in [7, 11) is -4.29. The van der Waals surface area contributed by atoms with Crippen LogP contribution >= 0.6 is 0 Å². The Bertz CT molecular complexity index is 1070. The molecule has 0 saturated carbocycles. The van der Waals surface area contributed by atoms with Crippen molar-refractivity contribution in [2.75, 3.05) is 11.9 Å². The SMILES string of the molecule is CC(C)(C)c1ccc(OS(=O)(=O)ON=CCCCOc2ccc3c(c2)CCC(=O)N3)cc1. The summed E-state index contributed by atoms with van der Waals surface area (Å²) < 4.78 is 38.9. The normalized spacial score (nSPS) is 14.0. The van der Waals surface area contributed by atoms with Gasteiger partial charge >= 0.3 is 10.4 Å². The molecule has 2 aromatic rings. The van der Waals surface area contributed by atoms with Crippen LogP contribution in [0, 0.1) is 0 Å². The number of hydrogen-bond donors (Lipinski definition) is 1. The summed E-state index contributed by atoms with van der Waals surface area (Å²) in [6, 6.07) is 12.3. The molecular formula is C23H28N2O6S. The van der Waals surface area contributed by atoms with Crippen LogP contribution in [0.5, 0.6) is 11.5 Å². The Kier molecular flexibility index (Phi) is 7.40. The molecule has 8 nitrogen and oxygen atoms in total. The van der Waals surface area contributed by atoms with Gasteiger partial charge in [-0.25, -0.2) is 4.28 Å². The van der Waals surface area contributed by atoms with Crippen molar-refractivity contribution in [3.8, 4) is 11.5 Å². The van der Waals surface area contributed by atoms with Crippen LogP contribution in [-0.2, 0) is 31.3 Å². The van der Waals surface area contributed by atoms with Crippen molar-refractivity contribution < 1.29 is 26.4 Å². The van der Waals surface area contributed by atoms with Gasteiger partial charge in [-0.3, -0.25) is 4.79 Å². The highest BCUT2D eigenvalue weighted by Crippen LogP contribution is 2.27. The molecule has 0 spiro atoms.